The van der Waals surface area contributed by atoms with Crippen molar-refractivity contribution in [3.8, 4) is 5.75 Å². The number of anilines is 1. The van der Waals surface area contributed by atoms with E-state index in [1.165, 1.54) is 11.3 Å². The number of carbonyl (C=O) groups is 1. The van der Waals surface area contributed by atoms with Crippen LogP contribution in [0.1, 0.15) is 13.8 Å². The number of hydrogen-bond donors (Lipinski definition) is 1. The van der Waals surface area contributed by atoms with Crippen LogP contribution < -0.4 is 10.1 Å². The van der Waals surface area contributed by atoms with E-state index in [1.807, 2.05) is 49.4 Å². The summed E-state index contributed by atoms with van der Waals surface area (Å²) in [6.07, 6.45) is -0.627. The Morgan fingerprint density at radius 2 is 2.04 bits per heavy atom. The van der Waals surface area contributed by atoms with Gasteiger partial charge in [0.15, 0.2) is 10.4 Å². The maximum atomic E-state index is 12.2. The predicted molar refractivity (Wildman–Crippen MR) is 99.0 cm³/mol. The molecule has 2 aromatic carbocycles. The summed E-state index contributed by atoms with van der Waals surface area (Å²) >= 11 is 2.96. The van der Waals surface area contributed by atoms with Crippen molar-refractivity contribution in [1.29, 1.82) is 0 Å². The average Bonchev–Trinajstić information content (AvgIpc) is 3.02. The number of hydrogen-bond acceptors (Lipinski definition) is 6. The fourth-order valence-corrected chi connectivity index (χ4v) is 3.80. The number of aromatic nitrogens is 2. The molecule has 0 saturated heterocycles. The van der Waals surface area contributed by atoms with Crippen molar-refractivity contribution in [2.75, 3.05) is 11.1 Å². The van der Waals surface area contributed by atoms with Gasteiger partial charge in [-0.25, -0.2) is 0 Å². The molecule has 1 unspecified atom stereocenters. The molecular weight excluding hydrogens is 342 g/mol. The minimum absolute atomic E-state index is 0.243. The topological polar surface area (TPSA) is 64.1 Å². The van der Waals surface area contributed by atoms with Crippen LogP contribution in [0.3, 0.4) is 0 Å². The van der Waals surface area contributed by atoms with Crippen LogP contribution in [-0.2, 0) is 4.79 Å². The molecule has 1 heterocycles. The van der Waals surface area contributed by atoms with Crippen molar-refractivity contribution in [2.45, 2.75) is 24.3 Å². The second-order valence-corrected chi connectivity index (χ2v) is 7.55. The summed E-state index contributed by atoms with van der Waals surface area (Å²) in [6, 6.07) is 13.8. The van der Waals surface area contributed by atoms with Crippen LogP contribution in [0.15, 0.2) is 46.8 Å². The molecule has 0 aliphatic carbocycles. The van der Waals surface area contributed by atoms with E-state index in [9.17, 15) is 4.79 Å². The molecule has 1 N–H and O–H groups in total. The van der Waals surface area contributed by atoms with Crippen LogP contribution in [0.2, 0.25) is 0 Å². The van der Waals surface area contributed by atoms with E-state index in [-0.39, 0.29) is 5.91 Å². The summed E-state index contributed by atoms with van der Waals surface area (Å²) in [6.45, 7) is 3.76. The number of nitrogens with zero attached hydrogens (tertiary/aromatic N) is 2. The van der Waals surface area contributed by atoms with Crippen LogP contribution in [-0.4, -0.2) is 28.0 Å². The van der Waals surface area contributed by atoms with Gasteiger partial charge in [-0.15, -0.1) is 10.2 Å². The van der Waals surface area contributed by atoms with Crippen molar-refractivity contribution in [3.05, 3.63) is 42.5 Å². The van der Waals surface area contributed by atoms with Gasteiger partial charge in [0.05, 0.1) is 0 Å². The Kier molecular flexibility index (Phi) is 5.32. The van der Waals surface area contributed by atoms with Gasteiger partial charge in [-0.2, -0.15) is 0 Å². The first-order chi connectivity index (χ1) is 11.7. The van der Waals surface area contributed by atoms with Gasteiger partial charge in [-0.05, 0) is 35.6 Å². The maximum absolute atomic E-state index is 12.2. The summed E-state index contributed by atoms with van der Waals surface area (Å²) in [4.78, 5) is 12.2. The number of nitrogens with one attached hydrogen (secondary N) is 1. The Morgan fingerprint density at radius 3 is 2.83 bits per heavy atom. The number of rotatable bonds is 6. The summed E-state index contributed by atoms with van der Waals surface area (Å²) in [5.74, 6) is 1.34. The van der Waals surface area contributed by atoms with Gasteiger partial charge >= 0.3 is 0 Å². The summed E-state index contributed by atoms with van der Waals surface area (Å²) in [5, 5.41) is 13.4. The normalized spacial score (nSPS) is 12.1. The van der Waals surface area contributed by atoms with Gasteiger partial charge in [-0.3, -0.25) is 10.1 Å². The summed E-state index contributed by atoms with van der Waals surface area (Å²) < 4.78 is 6.59. The third-order valence-corrected chi connectivity index (χ3v) is 5.16. The SMILES string of the molecule is CCSc1nnc(NC(=O)C(C)Oc2ccc3ccccc3c2)s1. The van der Waals surface area contributed by atoms with E-state index < -0.39 is 6.10 Å². The second kappa shape index (κ2) is 7.63. The molecule has 5 nitrogen and oxygen atoms in total. The molecule has 1 amide bonds. The summed E-state index contributed by atoms with van der Waals surface area (Å²) in [5.41, 5.74) is 0. The van der Waals surface area contributed by atoms with E-state index in [0.717, 1.165) is 20.9 Å². The number of fused-ring (bicyclic) bond motifs is 1. The fourth-order valence-electron chi connectivity index (χ4n) is 2.15. The smallest absolute Gasteiger partial charge is 0.266 e. The Balaban J connectivity index is 1.63. The van der Waals surface area contributed by atoms with Crippen LogP contribution in [0.25, 0.3) is 10.8 Å². The molecule has 0 spiro atoms. The monoisotopic (exact) mass is 359 g/mol. The molecule has 3 rings (SSSR count). The van der Waals surface area contributed by atoms with Crippen molar-refractivity contribution in [1.82, 2.24) is 10.2 Å². The van der Waals surface area contributed by atoms with Crippen molar-refractivity contribution < 1.29 is 9.53 Å². The lowest BCUT2D eigenvalue weighted by atomic mass is 10.1. The number of ether oxygens (including phenoxy) is 1. The molecule has 24 heavy (non-hydrogen) atoms. The second-order valence-electron chi connectivity index (χ2n) is 5.06. The minimum atomic E-state index is -0.627. The highest BCUT2D eigenvalue weighted by molar-refractivity contribution is 8.01. The number of benzene rings is 2. The van der Waals surface area contributed by atoms with Gasteiger partial charge in [0, 0.05) is 0 Å². The zero-order chi connectivity index (χ0) is 16.9. The lowest BCUT2D eigenvalue weighted by molar-refractivity contribution is -0.122. The lowest BCUT2D eigenvalue weighted by Crippen LogP contribution is -2.30. The molecule has 0 fully saturated rings. The van der Waals surface area contributed by atoms with Crippen molar-refractivity contribution >= 4 is 44.9 Å². The van der Waals surface area contributed by atoms with Crippen LogP contribution in [0, 0.1) is 0 Å². The Bertz CT molecular complexity index is 850. The molecule has 0 aliphatic rings. The van der Waals surface area contributed by atoms with E-state index in [4.69, 9.17) is 4.74 Å². The van der Waals surface area contributed by atoms with E-state index in [0.29, 0.717) is 10.9 Å². The third-order valence-electron chi connectivity index (χ3n) is 3.31. The highest BCUT2D eigenvalue weighted by atomic mass is 32.2. The third kappa shape index (κ3) is 4.04. The molecule has 0 aliphatic heterocycles. The van der Waals surface area contributed by atoms with Crippen LogP contribution >= 0.6 is 23.1 Å². The van der Waals surface area contributed by atoms with Crippen LogP contribution in [0.4, 0.5) is 5.13 Å². The number of carbonyl (C=O) groups excluding carboxylic acids is 1. The average molecular weight is 359 g/mol. The van der Waals surface area contributed by atoms with Gasteiger partial charge in [0.2, 0.25) is 5.13 Å². The lowest BCUT2D eigenvalue weighted by Gasteiger charge is -2.14. The van der Waals surface area contributed by atoms with Crippen LogP contribution in [0.5, 0.6) is 5.75 Å². The number of amides is 1. The summed E-state index contributed by atoms with van der Waals surface area (Å²) in [7, 11) is 0. The minimum Gasteiger partial charge on any atom is -0.481 e. The van der Waals surface area contributed by atoms with Crippen molar-refractivity contribution in [3.63, 3.8) is 0 Å². The molecular formula is C17H17N3O2S2. The van der Waals surface area contributed by atoms with Gasteiger partial charge in [0.25, 0.3) is 5.91 Å². The zero-order valence-corrected chi connectivity index (χ0v) is 15.0. The standard InChI is InChI=1S/C17H17N3O2S2/c1-3-23-17-20-19-16(24-17)18-15(21)11(2)22-14-9-8-12-6-4-5-7-13(12)10-14/h4-11H,3H2,1-2H3,(H,18,19,21). The molecule has 0 bridgehead atoms. The zero-order valence-electron chi connectivity index (χ0n) is 13.4. The highest BCUT2D eigenvalue weighted by Crippen LogP contribution is 2.25. The first-order valence-corrected chi connectivity index (χ1v) is 9.38. The number of thioether (sulfide) groups is 1. The van der Waals surface area contributed by atoms with Gasteiger partial charge in [0.1, 0.15) is 5.75 Å². The van der Waals surface area contributed by atoms with E-state index >= 15 is 0 Å². The first kappa shape index (κ1) is 16.7. The fraction of sp³-hybridized carbons (Fsp3) is 0.235. The predicted octanol–water partition coefficient (Wildman–Crippen LogP) is 4.21. The van der Waals surface area contributed by atoms with E-state index in [1.54, 1.807) is 18.7 Å². The molecule has 124 valence electrons. The molecule has 1 aromatic heterocycles. The quantitative estimate of drug-likeness (QED) is 0.528. The van der Waals surface area contributed by atoms with E-state index in [2.05, 4.69) is 15.5 Å². The molecule has 3 aromatic rings. The Morgan fingerprint density at radius 1 is 1.25 bits per heavy atom. The molecule has 1 atom stereocenters. The van der Waals surface area contributed by atoms with Gasteiger partial charge < -0.3 is 4.74 Å². The Labute approximate surface area is 148 Å². The van der Waals surface area contributed by atoms with Gasteiger partial charge in [-0.1, -0.05) is 60.4 Å². The largest absolute Gasteiger partial charge is 0.481 e. The molecule has 0 saturated carbocycles. The highest BCUT2D eigenvalue weighted by Gasteiger charge is 2.17. The maximum Gasteiger partial charge on any atom is 0.266 e. The Hall–Kier alpha value is -2.12. The molecule has 7 heteroatoms. The van der Waals surface area contributed by atoms with Crippen molar-refractivity contribution in [2.24, 2.45) is 0 Å². The first-order valence-electron chi connectivity index (χ1n) is 7.58. The molecule has 0 radical (unpaired) electrons.